The first-order chi connectivity index (χ1) is 8.48. The smallest absolute Gasteiger partial charge is 0.138 e. The van der Waals surface area contributed by atoms with Crippen molar-refractivity contribution in [1.29, 1.82) is 0 Å². The van der Waals surface area contributed by atoms with Gasteiger partial charge in [0.15, 0.2) is 0 Å². The van der Waals surface area contributed by atoms with Gasteiger partial charge in [-0.1, -0.05) is 31.5 Å². The minimum absolute atomic E-state index is 0.0186. The number of methoxy groups -OCH3 is 1. The predicted molar refractivity (Wildman–Crippen MR) is 76.7 cm³/mol. The number of benzene rings is 1. The van der Waals surface area contributed by atoms with E-state index in [4.69, 9.17) is 16.3 Å². The number of rotatable bonds is 3. The lowest BCUT2D eigenvalue weighted by Gasteiger charge is -2.28. The molecule has 1 aromatic carbocycles. The minimum atomic E-state index is -0.0186. The van der Waals surface area contributed by atoms with Crippen LogP contribution in [0.2, 0.25) is 5.02 Å². The summed E-state index contributed by atoms with van der Waals surface area (Å²) in [4.78, 5) is 0. The highest BCUT2D eigenvalue weighted by Gasteiger charge is 2.33. The lowest BCUT2D eigenvalue weighted by Crippen LogP contribution is -2.33. The van der Waals surface area contributed by atoms with E-state index in [2.05, 4.69) is 38.2 Å². The molecule has 3 heteroatoms. The Hall–Kier alpha value is -0.730. The zero-order valence-electron chi connectivity index (χ0n) is 11.6. The molecule has 1 fully saturated rings. The van der Waals surface area contributed by atoms with Gasteiger partial charge in [0.05, 0.1) is 12.1 Å². The van der Waals surface area contributed by atoms with Crippen LogP contribution in [0.1, 0.15) is 50.7 Å². The van der Waals surface area contributed by atoms with Crippen LogP contribution in [0.5, 0.6) is 5.75 Å². The summed E-state index contributed by atoms with van der Waals surface area (Å²) in [6.45, 7) is 7.67. The average molecular weight is 268 g/mol. The van der Waals surface area contributed by atoms with Crippen molar-refractivity contribution >= 4 is 11.6 Å². The van der Waals surface area contributed by atoms with E-state index in [1.165, 1.54) is 17.5 Å². The maximum absolute atomic E-state index is 6.49. The van der Waals surface area contributed by atoms with Crippen LogP contribution in [0.4, 0.5) is 0 Å². The number of hydrogen-bond acceptors (Lipinski definition) is 2. The van der Waals surface area contributed by atoms with E-state index in [1.54, 1.807) is 7.11 Å². The van der Waals surface area contributed by atoms with Crippen molar-refractivity contribution < 1.29 is 4.74 Å². The van der Waals surface area contributed by atoms with Crippen molar-refractivity contribution in [1.82, 2.24) is 5.32 Å². The Morgan fingerprint density at radius 1 is 1.39 bits per heavy atom. The molecule has 1 N–H and O–H groups in total. The van der Waals surface area contributed by atoms with Crippen LogP contribution in [0, 0.1) is 0 Å². The molecule has 0 saturated carbocycles. The van der Waals surface area contributed by atoms with Gasteiger partial charge in [-0.25, -0.2) is 0 Å². The standard InChI is InChI=1S/C15H22ClNO/c1-10(2)11-8-12(14(16)13(9-11)18-4)15(3)6-5-7-17-15/h8-10,17H,5-7H2,1-4H3. The highest BCUT2D eigenvalue weighted by molar-refractivity contribution is 6.33. The van der Waals surface area contributed by atoms with Crippen molar-refractivity contribution in [3.63, 3.8) is 0 Å². The normalized spacial score (nSPS) is 23.7. The predicted octanol–water partition coefficient (Wildman–Crippen LogP) is 4.07. The third kappa shape index (κ3) is 2.36. The fraction of sp³-hybridized carbons (Fsp3) is 0.600. The molecule has 0 radical (unpaired) electrons. The van der Waals surface area contributed by atoms with Crippen molar-refractivity contribution in [3.8, 4) is 5.75 Å². The molecule has 1 aromatic rings. The van der Waals surface area contributed by atoms with Crippen LogP contribution >= 0.6 is 11.6 Å². The van der Waals surface area contributed by atoms with Crippen molar-refractivity contribution in [2.24, 2.45) is 0 Å². The summed E-state index contributed by atoms with van der Waals surface area (Å²) in [6.07, 6.45) is 2.32. The molecule has 18 heavy (non-hydrogen) atoms. The Morgan fingerprint density at radius 3 is 2.61 bits per heavy atom. The van der Waals surface area contributed by atoms with E-state index in [9.17, 15) is 0 Å². The number of halogens is 1. The highest BCUT2D eigenvalue weighted by atomic mass is 35.5. The molecular weight excluding hydrogens is 246 g/mol. The van der Waals surface area contributed by atoms with Gasteiger partial charge in [-0.05, 0) is 49.4 Å². The fourth-order valence-corrected chi connectivity index (χ4v) is 3.02. The van der Waals surface area contributed by atoms with Gasteiger partial charge in [0.2, 0.25) is 0 Å². The summed E-state index contributed by atoms with van der Waals surface area (Å²) in [6, 6.07) is 4.28. The molecule has 0 spiro atoms. The Morgan fingerprint density at radius 2 is 2.11 bits per heavy atom. The Balaban J connectivity index is 2.54. The molecule has 1 unspecified atom stereocenters. The highest BCUT2D eigenvalue weighted by Crippen LogP contribution is 2.41. The van der Waals surface area contributed by atoms with Crippen molar-refractivity contribution in [2.75, 3.05) is 13.7 Å². The zero-order valence-corrected chi connectivity index (χ0v) is 12.4. The van der Waals surface area contributed by atoms with Crippen LogP contribution in [-0.2, 0) is 5.54 Å². The lowest BCUT2D eigenvalue weighted by molar-refractivity contribution is 0.403. The number of hydrogen-bond donors (Lipinski definition) is 1. The first kappa shape index (κ1) is 13.7. The number of ether oxygens (including phenoxy) is 1. The largest absolute Gasteiger partial charge is 0.495 e. The molecular formula is C15H22ClNO. The van der Waals surface area contributed by atoms with E-state index in [0.29, 0.717) is 5.92 Å². The molecule has 2 nitrogen and oxygen atoms in total. The van der Waals surface area contributed by atoms with E-state index in [1.807, 2.05) is 0 Å². The summed E-state index contributed by atoms with van der Waals surface area (Å²) in [5, 5.41) is 4.32. The number of nitrogens with one attached hydrogen (secondary N) is 1. The van der Waals surface area contributed by atoms with Gasteiger partial charge in [0.1, 0.15) is 5.75 Å². The third-order valence-electron chi connectivity index (χ3n) is 3.91. The summed E-state index contributed by atoms with van der Waals surface area (Å²) in [5.74, 6) is 1.26. The summed E-state index contributed by atoms with van der Waals surface area (Å²) in [5.41, 5.74) is 2.43. The molecule has 1 saturated heterocycles. The molecule has 1 atom stereocenters. The fourth-order valence-electron chi connectivity index (χ4n) is 2.63. The van der Waals surface area contributed by atoms with Crippen molar-refractivity contribution in [2.45, 2.75) is 45.1 Å². The van der Waals surface area contributed by atoms with E-state index in [-0.39, 0.29) is 5.54 Å². The zero-order chi connectivity index (χ0) is 13.3. The van der Waals surface area contributed by atoms with E-state index < -0.39 is 0 Å². The molecule has 0 amide bonds. The maximum Gasteiger partial charge on any atom is 0.138 e. The maximum atomic E-state index is 6.49. The topological polar surface area (TPSA) is 21.3 Å². The van der Waals surface area contributed by atoms with Gasteiger partial charge in [-0.3, -0.25) is 0 Å². The average Bonchev–Trinajstić information content (AvgIpc) is 2.77. The molecule has 0 aliphatic carbocycles. The quantitative estimate of drug-likeness (QED) is 0.891. The molecule has 1 aliphatic rings. The van der Waals surface area contributed by atoms with E-state index >= 15 is 0 Å². The Labute approximate surface area is 115 Å². The minimum Gasteiger partial charge on any atom is -0.495 e. The second kappa shape index (κ2) is 5.10. The second-order valence-corrected chi connectivity index (χ2v) is 5.98. The molecule has 0 bridgehead atoms. The second-order valence-electron chi connectivity index (χ2n) is 5.60. The molecule has 1 heterocycles. The van der Waals surface area contributed by atoms with Crippen LogP contribution in [0.25, 0.3) is 0 Å². The van der Waals surface area contributed by atoms with Gasteiger partial charge >= 0.3 is 0 Å². The van der Waals surface area contributed by atoms with E-state index in [0.717, 1.165) is 23.7 Å². The SMILES string of the molecule is COc1cc(C(C)C)cc(C2(C)CCCN2)c1Cl. The Bertz CT molecular complexity index is 436. The lowest BCUT2D eigenvalue weighted by atomic mass is 9.87. The first-order valence-corrected chi connectivity index (χ1v) is 6.98. The molecule has 100 valence electrons. The summed E-state index contributed by atoms with van der Waals surface area (Å²) < 4.78 is 5.42. The molecule has 2 rings (SSSR count). The van der Waals surface area contributed by atoms with Gasteiger partial charge in [0, 0.05) is 5.54 Å². The van der Waals surface area contributed by atoms with Gasteiger partial charge < -0.3 is 10.1 Å². The van der Waals surface area contributed by atoms with Gasteiger partial charge in [0.25, 0.3) is 0 Å². The van der Waals surface area contributed by atoms with Gasteiger partial charge in [-0.2, -0.15) is 0 Å². The molecule has 0 aromatic heterocycles. The van der Waals surface area contributed by atoms with Gasteiger partial charge in [-0.15, -0.1) is 0 Å². The summed E-state index contributed by atoms with van der Waals surface area (Å²) in [7, 11) is 1.68. The van der Waals surface area contributed by atoms with Crippen molar-refractivity contribution in [3.05, 3.63) is 28.3 Å². The van der Waals surface area contributed by atoms with Crippen LogP contribution in [0.3, 0.4) is 0 Å². The first-order valence-electron chi connectivity index (χ1n) is 6.61. The van der Waals surface area contributed by atoms with Crippen LogP contribution < -0.4 is 10.1 Å². The third-order valence-corrected chi connectivity index (χ3v) is 4.30. The summed E-state index contributed by atoms with van der Waals surface area (Å²) >= 11 is 6.49. The monoisotopic (exact) mass is 267 g/mol. The van der Waals surface area contributed by atoms with Crippen LogP contribution in [0.15, 0.2) is 12.1 Å². The molecule has 1 aliphatic heterocycles. The Kier molecular flexibility index (Phi) is 3.88. The van der Waals surface area contributed by atoms with Crippen LogP contribution in [-0.4, -0.2) is 13.7 Å².